The third-order valence-corrected chi connectivity index (χ3v) is 3.97. The SMILES string of the molecule is Cc1oc(CN2CCN(C)C(C)(C)C2)cc1C(=O)O. The number of rotatable bonds is 3. The molecule has 0 radical (unpaired) electrons. The van der Waals surface area contributed by atoms with Gasteiger partial charge in [-0.15, -0.1) is 0 Å². The van der Waals surface area contributed by atoms with Crippen molar-refractivity contribution in [2.24, 2.45) is 0 Å². The zero-order chi connectivity index (χ0) is 14.2. The lowest BCUT2D eigenvalue weighted by atomic mass is 10.00. The minimum absolute atomic E-state index is 0.134. The summed E-state index contributed by atoms with van der Waals surface area (Å²) < 4.78 is 5.54. The topological polar surface area (TPSA) is 56.9 Å². The minimum Gasteiger partial charge on any atom is -0.478 e. The first-order chi connectivity index (χ1) is 8.79. The van der Waals surface area contributed by atoms with Crippen LogP contribution in [-0.4, -0.2) is 53.1 Å². The second-order valence-corrected chi connectivity index (χ2v) is 5.93. The Morgan fingerprint density at radius 2 is 2.16 bits per heavy atom. The van der Waals surface area contributed by atoms with Crippen molar-refractivity contribution in [3.63, 3.8) is 0 Å². The molecule has 19 heavy (non-hydrogen) atoms. The van der Waals surface area contributed by atoms with E-state index >= 15 is 0 Å². The molecule has 1 N–H and O–H groups in total. The molecule has 106 valence electrons. The van der Waals surface area contributed by atoms with Crippen LogP contribution in [0.5, 0.6) is 0 Å². The molecule has 5 nitrogen and oxygen atoms in total. The van der Waals surface area contributed by atoms with Crippen LogP contribution in [0.4, 0.5) is 0 Å². The standard InChI is InChI=1S/C14H22N2O3/c1-10-12(13(17)18)7-11(19-10)8-16-6-5-15(4)14(2,3)9-16/h7H,5-6,8-9H2,1-4H3,(H,17,18). The smallest absolute Gasteiger partial charge is 0.339 e. The van der Waals surface area contributed by atoms with Gasteiger partial charge in [0.2, 0.25) is 0 Å². The predicted octanol–water partition coefficient (Wildman–Crippen LogP) is 1.81. The molecule has 0 amide bonds. The van der Waals surface area contributed by atoms with Crippen molar-refractivity contribution in [3.8, 4) is 0 Å². The third kappa shape index (κ3) is 2.98. The van der Waals surface area contributed by atoms with Crippen LogP contribution in [-0.2, 0) is 6.54 Å². The predicted molar refractivity (Wildman–Crippen MR) is 72.4 cm³/mol. The first-order valence-corrected chi connectivity index (χ1v) is 6.56. The molecule has 0 atom stereocenters. The summed E-state index contributed by atoms with van der Waals surface area (Å²) in [6.45, 7) is 9.74. The van der Waals surface area contributed by atoms with Crippen LogP contribution < -0.4 is 0 Å². The summed E-state index contributed by atoms with van der Waals surface area (Å²) in [6, 6.07) is 1.64. The molecule has 1 aliphatic rings. The van der Waals surface area contributed by atoms with Gasteiger partial charge in [0.25, 0.3) is 0 Å². The molecule has 1 saturated heterocycles. The summed E-state index contributed by atoms with van der Waals surface area (Å²) in [4.78, 5) is 15.6. The monoisotopic (exact) mass is 266 g/mol. The minimum atomic E-state index is -0.925. The highest BCUT2D eigenvalue weighted by Gasteiger charge is 2.31. The fourth-order valence-electron chi connectivity index (χ4n) is 2.53. The highest BCUT2D eigenvalue weighted by Crippen LogP contribution is 2.22. The summed E-state index contributed by atoms with van der Waals surface area (Å²) >= 11 is 0. The fourth-order valence-corrected chi connectivity index (χ4v) is 2.53. The molecule has 0 bridgehead atoms. The quantitative estimate of drug-likeness (QED) is 0.904. The Balaban J connectivity index is 2.06. The molecular weight excluding hydrogens is 244 g/mol. The Morgan fingerprint density at radius 1 is 1.47 bits per heavy atom. The van der Waals surface area contributed by atoms with Gasteiger partial charge in [-0.25, -0.2) is 4.79 Å². The van der Waals surface area contributed by atoms with Crippen LogP contribution >= 0.6 is 0 Å². The molecule has 0 saturated carbocycles. The van der Waals surface area contributed by atoms with E-state index in [0.717, 1.165) is 25.4 Å². The number of carboxylic acid groups (broad SMARTS) is 1. The highest BCUT2D eigenvalue weighted by atomic mass is 16.4. The molecule has 0 aliphatic carbocycles. The molecule has 0 aromatic carbocycles. The largest absolute Gasteiger partial charge is 0.478 e. The normalized spacial score (nSPS) is 20.6. The second-order valence-electron chi connectivity index (χ2n) is 5.93. The lowest BCUT2D eigenvalue weighted by Crippen LogP contribution is -2.57. The van der Waals surface area contributed by atoms with E-state index in [1.807, 2.05) is 0 Å². The van der Waals surface area contributed by atoms with E-state index in [2.05, 4.69) is 30.7 Å². The zero-order valence-electron chi connectivity index (χ0n) is 12.1. The maximum atomic E-state index is 11.0. The number of furan rings is 1. The zero-order valence-corrected chi connectivity index (χ0v) is 12.1. The van der Waals surface area contributed by atoms with Gasteiger partial charge in [0.15, 0.2) is 0 Å². The van der Waals surface area contributed by atoms with Crippen LogP contribution in [0.2, 0.25) is 0 Å². The maximum Gasteiger partial charge on any atom is 0.339 e. The molecule has 2 heterocycles. The number of hydrogen-bond donors (Lipinski definition) is 1. The van der Waals surface area contributed by atoms with Crippen molar-refractivity contribution in [1.29, 1.82) is 0 Å². The Morgan fingerprint density at radius 3 is 2.68 bits per heavy atom. The lowest BCUT2D eigenvalue weighted by Gasteiger charge is -2.45. The van der Waals surface area contributed by atoms with Gasteiger partial charge in [-0.2, -0.15) is 0 Å². The van der Waals surface area contributed by atoms with Crippen LogP contribution in [0.1, 0.15) is 35.7 Å². The van der Waals surface area contributed by atoms with Crippen molar-refractivity contribution in [1.82, 2.24) is 9.80 Å². The number of hydrogen-bond acceptors (Lipinski definition) is 4. The number of carbonyl (C=O) groups is 1. The van der Waals surface area contributed by atoms with Crippen LogP contribution in [0.15, 0.2) is 10.5 Å². The molecule has 1 aliphatic heterocycles. The first-order valence-electron chi connectivity index (χ1n) is 6.56. The van der Waals surface area contributed by atoms with Gasteiger partial charge in [0, 0.05) is 25.2 Å². The Bertz CT molecular complexity index is 479. The van der Waals surface area contributed by atoms with Crippen LogP contribution in [0.3, 0.4) is 0 Å². The van der Waals surface area contributed by atoms with Gasteiger partial charge in [-0.1, -0.05) is 0 Å². The maximum absolute atomic E-state index is 11.0. The van der Waals surface area contributed by atoms with Crippen LogP contribution in [0.25, 0.3) is 0 Å². The van der Waals surface area contributed by atoms with Crippen LogP contribution in [0, 0.1) is 6.92 Å². The number of aromatic carboxylic acids is 1. The lowest BCUT2D eigenvalue weighted by molar-refractivity contribution is 0.0327. The van der Waals surface area contributed by atoms with Crippen molar-refractivity contribution >= 4 is 5.97 Å². The Kier molecular flexibility index (Phi) is 3.69. The van der Waals surface area contributed by atoms with E-state index < -0.39 is 5.97 Å². The number of nitrogens with zero attached hydrogens (tertiary/aromatic N) is 2. The molecule has 0 unspecified atom stereocenters. The fraction of sp³-hybridized carbons (Fsp3) is 0.643. The number of piperazine rings is 1. The van der Waals surface area contributed by atoms with E-state index in [-0.39, 0.29) is 11.1 Å². The number of aryl methyl sites for hydroxylation is 1. The van der Waals surface area contributed by atoms with E-state index in [1.54, 1.807) is 13.0 Å². The van der Waals surface area contributed by atoms with E-state index in [4.69, 9.17) is 9.52 Å². The second kappa shape index (κ2) is 4.98. The van der Waals surface area contributed by atoms with E-state index in [1.165, 1.54) is 0 Å². The summed E-state index contributed by atoms with van der Waals surface area (Å²) in [6.07, 6.45) is 0. The first kappa shape index (κ1) is 14.1. The van der Waals surface area contributed by atoms with Gasteiger partial charge in [0.1, 0.15) is 17.1 Å². The molecule has 1 aromatic heterocycles. The number of carboxylic acids is 1. The summed E-state index contributed by atoms with van der Waals surface area (Å²) in [5.74, 6) is 0.289. The molecular formula is C14H22N2O3. The van der Waals surface area contributed by atoms with E-state index in [0.29, 0.717) is 12.3 Å². The summed E-state index contributed by atoms with van der Waals surface area (Å²) in [5.41, 5.74) is 0.401. The molecule has 2 rings (SSSR count). The van der Waals surface area contributed by atoms with Gasteiger partial charge in [-0.05, 0) is 33.9 Å². The third-order valence-electron chi connectivity index (χ3n) is 3.97. The van der Waals surface area contributed by atoms with Crippen molar-refractivity contribution in [3.05, 3.63) is 23.2 Å². The summed E-state index contributed by atoms with van der Waals surface area (Å²) in [7, 11) is 2.14. The molecule has 1 fully saturated rings. The van der Waals surface area contributed by atoms with Crippen molar-refractivity contribution in [2.45, 2.75) is 32.9 Å². The Labute approximate surface area is 113 Å². The number of likely N-dealkylation sites (N-methyl/N-ethyl adjacent to an activating group) is 1. The van der Waals surface area contributed by atoms with Crippen molar-refractivity contribution in [2.75, 3.05) is 26.7 Å². The van der Waals surface area contributed by atoms with Gasteiger partial charge < -0.3 is 9.52 Å². The van der Waals surface area contributed by atoms with Gasteiger partial charge >= 0.3 is 5.97 Å². The highest BCUT2D eigenvalue weighted by molar-refractivity contribution is 5.88. The summed E-state index contributed by atoms with van der Waals surface area (Å²) in [5, 5.41) is 9.02. The molecule has 0 spiro atoms. The van der Waals surface area contributed by atoms with E-state index in [9.17, 15) is 4.79 Å². The Hall–Kier alpha value is -1.33. The van der Waals surface area contributed by atoms with Crippen molar-refractivity contribution < 1.29 is 14.3 Å². The molecule has 1 aromatic rings. The average molecular weight is 266 g/mol. The van der Waals surface area contributed by atoms with Gasteiger partial charge in [-0.3, -0.25) is 9.80 Å². The van der Waals surface area contributed by atoms with Gasteiger partial charge in [0.05, 0.1) is 6.54 Å². The molecule has 5 heteroatoms. The average Bonchev–Trinajstić information content (AvgIpc) is 2.64.